The Bertz CT molecular complexity index is 720. The molecule has 1 N–H and O–H groups in total. The Hall–Kier alpha value is -2.40. The molecule has 1 aromatic heterocycles. The monoisotopic (exact) mass is 324 g/mol. The average Bonchev–Trinajstić information content (AvgIpc) is 3.26. The van der Waals surface area contributed by atoms with Gasteiger partial charge in [-0.25, -0.2) is 0 Å². The molecule has 24 heavy (non-hydrogen) atoms. The van der Waals surface area contributed by atoms with Gasteiger partial charge in [-0.15, -0.1) is 0 Å². The predicted octanol–water partition coefficient (Wildman–Crippen LogP) is 2.31. The van der Waals surface area contributed by atoms with Crippen LogP contribution in [-0.2, 0) is 11.2 Å². The van der Waals surface area contributed by atoms with Crippen molar-refractivity contribution >= 4 is 6.29 Å². The zero-order valence-corrected chi connectivity index (χ0v) is 13.4. The molecule has 124 valence electrons. The summed E-state index contributed by atoms with van der Waals surface area (Å²) in [5.41, 5.74) is 2.19. The van der Waals surface area contributed by atoms with E-state index in [1.165, 1.54) is 0 Å². The van der Waals surface area contributed by atoms with Crippen LogP contribution in [0.4, 0.5) is 0 Å². The van der Waals surface area contributed by atoms with Crippen molar-refractivity contribution in [1.82, 2.24) is 10.3 Å². The first-order valence-corrected chi connectivity index (χ1v) is 8.33. The van der Waals surface area contributed by atoms with Gasteiger partial charge in [-0.05, 0) is 42.7 Å². The molecule has 0 amide bonds. The fourth-order valence-electron chi connectivity index (χ4n) is 3.65. The summed E-state index contributed by atoms with van der Waals surface area (Å²) in [5.74, 6) is 1.69. The Kier molecular flexibility index (Phi) is 4.17. The highest BCUT2D eigenvalue weighted by atomic mass is 16.7. The van der Waals surface area contributed by atoms with Gasteiger partial charge in [0.05, 0.1) is 0 Å². The van der Waals surface area contributed by atoms with Crippen molar-refractivity contribution in [2.45, 2.75) is 24.8 Å². The molecule has 2 aliphatic rings. The predicted molar refractivity (Wildman–Crippen MR) is 89.2 cm³/mol. The van der Waals surface area contributed by atoms with E-state index in [4.69, 9.17) is 9.47 Å². The normalized spacial score (nSPS) is 24.9. The molecule has 0 radical (unpaired) electrons. The number of hydrogen-bond donors (Lipinski definition) is 1. The highest BCUT2D eigenvalue weighted by molar-refractivity contribution is 5.59. The summed E-state index contributed by atoms with van der Waals surface area (Å²) in [4.78, 5) is 16.1. The lowest BCUT2D eigenvalue weighted by molar-refractivity contribution is -0.111. The first kappa shape index (κ1) is 15.1. The molecule has 2 aromatic rings. The largest absolute Gasteiger partial charge is 0.454 e. The molecule has 0 bridgehead atoms. The second-order valence-corrected chi connectivity index (χ2v) is 6.31. The second kappa shape index (κ2) is 6.61. The number of fused-ring (bicyclic) bond motifs is 1. The smallest absolute Gasteiger partial charge is 0.231 e. The van der Waals surface area contributed by atoms with Crippen molar-refractivity contribution < 1.29 is 14.3 Å². The third-order valence-corrected chi connectivity index (χ3v) is 4.95. The van der Waals surface area contributed by atoms with Gasteiger partial charge in [-0.3, -0.25) is 4.98 Å². The second-order valence-electron chi connectivity index (χ2n) is 6.31. The number of nitrogens with zero attached hydrogens (tertiary/aromatic N) is 1. The molecule has 2 aliphatic heterocycles. The number of pyridine rings is 1. The van der Waals surface area contributed by atoms with E-state index in [2.05, 4.69) is 10.3 Å². The van der Waals surface area contributed by atoms with Gasteiger partial charge in [-0.1, -0.05) is 12.1 Å². The van der Waals surface area contributed by atoms with E-state index in [9.17, 15) is 4.79 Å². The van der Waals surface area contributed by atoms with Crippen molar-refractivity contribution in [3.05, 3.63) is 53.9 Å². The van der Waals surface area contributed by atoms with Crippen LogP contribution in [-0.4, -0.2) is 30.6 Å². The number of aromatic nitrogens is 1. The number of aryl methyl sites for hydroxylation is 1. The summed E-state index contributed by atoms with van der Waals surface area (Å²) in [6.45, 7) is 1.07. The van der Waals surface area contributed by atoms with Crippen molar-refractivity contribution in [2.75, 3.05) is 13.3 Å². The van der Waals surface area contributed by atoms with Crippen molar-refractivity contribution in [3.8, 4) is 11.5 Å². The summed E-state index contributed by atoms with van der Waals surface area (Å²) in [6.07, 6.45) is 4.68. The molecule has 0 spiro atoms. The molecule has 3 heterocycles. The van der Waals surface area contributed by atoms with Gasteiger partial charge < -0.3 is 19.6 Å². The quantitative estimate of drug-likeness (QED) is 0.855. The Morgan fingerprint density at radius 1 is 1.21 bits per heavy atom. The number of ether oxygens (including phenoxy) is 2. The highest BCUT2D eigenvalue weighted by Crippen LogP contribution is 2.38. The lowest BCUT2D eigenvalue weighted by Gasteiger charge is -2.19. The van der Waals surface area contributed by atoms with E-state index in [0.29, 0.717) is 0 Å². The minimum atomic E-state index is -0.0333. The summed E-state index contributed by atoms with van der Waals surface area (Å²) in [6, 6.07) is 12.1. The minimum absolute atomic E-state index is 0.0333. The maximum atomic E-state index is 11.7. The molecule has 5 heteroatoms. The Morgan fingerprint density at radius 2 is 2.12 bits per heavy atom. The third-order valence-electron chi connectivity index (χ3n) is 4.95. The first-order chi connectivity index (χ1) is 11.8. The lowest BCUT2D eigenvalue weighted by atomic mass is 9.84. The maximum absolute atomic E-state index is 11.7. The minimum Gasteiger partial charge on any atom is -0.454 e. The van der Waals surface area contributed by atoms with Crippen LogP contribution < -0.4 is 14.8 Å². The van der Waals surface area contributed by atoms with Gasteiger partial charge in [0.15, 0.2) is 11.5 Å². The number of aldehydes is 1. The Morgan fingerprint density at radius 3 is 2.96 bits per heavy atom. The van der Waals surface area contributed by atoms with E-state index in [1.54, 1.807) is 0 Å². The number of benzene rings is 1. The number of hydrogen-bond acceptors (Lipinski definition) is 5. The van der Waals surface area contributed by atoms with E-state index < -0.39 is 0 Å². The summed E-state index contributed by atoms with van der Waals surface area (Å²) < 4.78 is 10.8. The lowest BCUT2D eigenvalue weighted by Crippen LogP contribution is -2.28. The van der Waals surface area contributed by atoms with Gasteiger partial charge >= 0.3 is 0 Å². The summed E-state index contributed by atoms with van der Waals surface area (Å²) in [7, 11) is 0. The van der Waals surface area contributed by atoms with Gasteiger partial charge in [0.2, 0.25) is 6.79 Å². The molecule has 0 saturated carbocycles. The zero-order valence-electron chi connectivity index (χ0n) is 13.4. The van der Waals surface area contributed by atoms with Crippen molar-refractivity contribution in [1.29, 1.82) is 0 Å². The fourth-order valence-corrected chi connectivity index (χ4v) is 3.65. The Labute approximate surface area is 141 Å². The van der Waals surface area contributed by atoms with Gasteiger partial charge in [0.1, 0.15) is 6.29 Å². The van der Waals surface area contributed by atoms with Crippen molar-refractivity contribution in [3.63, 3.8) is 0 Å². The molecular weight excluding hydrogens is 304 g/mol. The maximum Gasteiger partial charge on any atom is 0.231 e. The number of nitrogens with one attached hydrogen (secondary N) is 1. The van der Waals surface area contributed by atoms with Crippen LogP contribution in [0.5, 0.6) is 11.5 Å². The first-order valence-electron chi connectivity index (χ1n) is 8.33. The molecular formula is C19H20N2O3. The summed E-state index contributed by atoms with van der Waals surface area (Å²) >= 11 is 0. The molecule has 1 saturated heterocycles. The molecule has 0 aliphatic carbocycles. The van der Waals surface area contributed by atoms with Crippen LogP contribution in [0.2, 0.25) is 0 Å². The molecule has 1 fully saturated rings. The van der Waals surface area contributed by atoms with Gasteiger partial charge in [-0.2, -0.15) is 0 Å². The van der Waals surface area contributed by atoms with Crippen LogP contribution in [0.15, 0.2) is 42.6 Å². The number of carbonyl (C=O) groups is 1. The SMILES string of the molecule is O=C[C@H]1[C@H](CCc2ccccn2)NC[C@@H]1c1ccc2c(c1)OCO2. The fraction of sp³-hybridized carbons (Fsp3) is 0.368. The van der Waals surface area contributed by atoms with Gasteiger partial charge in [0, 0.05) is 36.3 Å². The zero-order chi connectivity index (χ0) is 16.4. The Balaban J connectivity index is 1.46. The molecule has 1 aromatic carbocycles. The van der Waals surface area contributed by atoms with Crippen LogP contribution in [0, 0.1) is 5.92 Å². The van der Waals surface area contributed by atoms with Gasteiger partial charge in [0.25, 0.3) is 0 Å². The molecule has 5 nitrogen and oxygen atoms in total. The van der Waals surface area contributed by atoms with E-state index in [-0.39, 0.29) is 24.7 Å². The third kappa shape index (κ3) is 2.87. The topological polar surface area (TPSA) is 60.5 Å². The molecule has 4 rings (SSSR count). The highest BCUT2D eigenvalue weighted by Gasteiger charge is 2.36. The van der Waals surface area contributed by atoms with Crippen molar-refractivity contribution in [2.24, 2.45) is 5.92 Å². The standard InChI is InChI=1S/C19H20N2O3/c22-11-16-15(13-4-7-18-19(9-13)24-12-23-18)10-21-17(16)6-5-14-3-1-2-8-20-14/h1-4,7-9,11,15-17,21H,5-6,10,12H2/t15-,16-,17+/m1/s1. The summed E-state index contributed by atoms with van der Waals surface area (Å²) in [5, 5.41) is 3.51. The van der Waals surface area contributed by atoms with Crippen LogP contribution in [0.3, 0.4) is 0 Å². The molecule has 0 unspecified atom stereocenters. The van der Waals surface area contributed by atoms with E-state index in [1.807, 2.05) is 42.6 Å². The van der Waals surface area contributed by atoms with Crippen LogP contribution in [0.25, 0.3) is 0 Å². The van der Waals surface area contributed by atoms with E-state index >= 15 is 0 Å². The number of carbonyl (C=O) groups excluding carboxylic acids is 1. The number of rotatable bonds is 5. The average molecular weight is 324 g/mol. The van der Waals surface area contributed by atoms with Crippen LogP contribution in [0.1, 0.15) is 23.6 Å². The van der Waals surface area contributed by atoms with E-state index in [0.717, 1.165) is 48.4 Å². The van der Waals surface area contributed by atoms with Crippen LogP contribution >= 0.6 is 0 Å². The molecule has 3 atom stereocenters.